The number of aromatic nitrogens is 1. The molecule has 1 aromatic heterocycles. The minimum absolute atomic E-state index is 0.241. The number of H-pyrrole nitrogens is 1. The lowest BCUT2D eigenvalue weighted by Crippen LogP contribution is -2.44. The number of aliphatic imine (C=N–C) groups is 1. The monoisotopic (exact) mass is 383 g/mol. The van der Waals surface area contributed by atoms with Gasteiger partial charge in [0.15, 0.2) is 8.32 Å². The van der Waals surface area contributed by atoms with E-state index < -0.39 is 8.32 Å². The standard InChI is InChI=1S/C22H33N3OSi/c1-22(2,3)27(4,5)26-18-14-20(25(15-18)21-7-6-11-24-21)17-8-9-19-16(13-17)10-12-23-19/h8-10,12-13,18,20,23H,6-7,11,14-15H2,1-5H3/t18-,20+/m1/s1. The molecule has 27 heavy (non-hydrogen) atoms. The summed E-state index contributed by atoms with van der Waals surface area (Å²) in [4.78, 5) is 10.7. The summed E-state index contributed by atoms with van der Waals surface area (Å²) in [6.45, 7) is 13.6. The van der Waals surface area contributed by atoms with Gasteiger partial charge in [-0.05, 0) is 60.1 Å². The average Bonchev–Trinajstić information content (AvgIpc) is 3.32. The van der Waals surface area contributed by atoms with E-state index in [0.29, 0.717) is 12.1 Å². The fraction of sp³-hybridized carbons (Fsp3) is 0.591. The van der Waals surface area contributed by atoms with Crippen LogP contribution in [0.15, 0.2) is 35.5 Å². The van der Waals surface area contributed by atoms with Crippen LogP contribution in [-0.2, 0) is 4.43 Å². The van der Waals surface area contributed by atoms with Crippen LogP contribution in [0, 0.1) is 0 Å². The van der Waals surface area contributed by atoms with Crippen LogP contribution < -0.4 is 0 Å². The molecule has 2 aliphatic heterocycles. The van der Waals surface area contributed by atoms with Gasteiger partial charge in [0.25, 0.3) is 0 Å². The van der Waals surface area contributed by atoms with Gasteiger partial charge in [-0.25, -0.2) is 0 Å². The second-order valence-electron chi connectivity index (χ2n) is 9.63. The Morgan fingerprint density at radius 1 is 1.22 bits per heavy atom. The predicted octanol–water partition coefficient (Wildman–Crippen LogP) is 5.50. The van der Waals surface area contributed by atoms with E-state index in [1.807, 2.05) is 6.20 Å². The third-order valence-electron chi connectivity index (χ3n) is 6.68. The maximum absolute atomic E-state index is 6.81. The SMILES string of the molecule is CC(C)(C)[Si](C)(C)O[C@@H]1C[C@@H](c2ccc3[nH]ccc3c2)N(C2=NCCC2)C1. The molecule has 1 N–H and O–H groups in total. The summed E-state index contributed by atoms with van der Waals surface area (Å²) >= 11 is 0. The maximum Gasteiger partial charge on any atom is 0.192 e. The third-order valence-corrected chi connectivity index (χ3v) is 11.2. The Hall–Kier alpha value is -1.59. The fourth-order valence-electron chi connectivity index (χ4n) is 4.12. The topological polar surface area (TPSA) is 40.6 Å². The molecule has 3 heterocycles. The molecule has 1 saturated heterocycles. The van der Waals surface area contributed by atoms with E-state index >= 15 is 0 Å². The number of aromatic amines is 1. The molecular formula is C22H33N3OSi. The number of rotatable bonds is 3. The highest BCUT2D eigenvalue weighted by Gasteiger charge is 2.43. The largest absolute Gasteiger partial charge is 0.412 e. The van der Waals surface area contributed by atoms with Crippen molar-refractivity contribution >= 4 is 25.1 Å². The molecule has 146 valence electrons. The van der Waals surface area contributed by atoms with Gasteiger partial charge in [0.05, 0.1) is 18.0 Å². The third kappa shape index (κ3) is 3.59. The molecule has 2 aromatic rings. The van der Waals surface area contributed by atoms with Crippen molar-refractivity contribution < 1.29 is 4.43 Å². The van der Waals surface area contributed by atoms with Gasteiger partial charge in [0.2, 0.25) is 0 Å². The molecule has 2 atom stereocenters. The van der Waals surface area contributed by atoms with Gasteiger partial charge >= 0.3 is 0 Å². The van der Waals surface area contributed by atoms with Crippen molar-refractivity contribution in [2.75, 3.05) is 13.1 Å². The highest BCUT2D eigenvalue weighted by atomic mass is 28.4. The van der Waals surface area contributed by atoms with Crippen LogP contribution in [-0.4, -0.2) is 43.2 Å². The molecule has 0 aliphatic carbocycles. The zero-order valence-electron chi connectivity index (χ0n) is 17.4. The van der Waals surface area contributed by atoms with Crippen LogP contribution in [0.3, 0.4) is 0 Å². The lowest BCUT2D eigenvalue weighted by molar-refractivity contribution is 0.192. The summed E-state index contributed by atoms with van der Waals surface area (Å²) in [7, 11) is -1.77. The van der Waals surface area contributed by atoms with Gasteiger partial charge < -0.3 is 14.3 Å². The first kappa shape index (κ1) is 18.8. The molecule has 1 aromatic carbocycles. The van der Waals surface area contributed by atoms with Crippen molar-refractivity contribution in [1.29, 1.82) is 0 Å². The van der Waals surface area contributed by atoms with Gasteiger partial charge in [-0.3, -0.25) is 4.99 Å². The average molecular weight is 384 g/mol. The number of benzene rings is 1. The van der Waals surface area contributed by atoms with Crippen LogP contribution in [0.1, 0.15) is 51.6 Å². The van der Waals surface area contributed by atoms with Gasteiger partial charge in [0, 0.05) is 31.2 Å². The first-order chi connectivity index (χ1) is 12.7. The lowest BCUT2D eigenvalue weighted by Gasteiger charge is -2.38. The van der Waals surface area contributed by atoms with E-state index in [4.69, 9.17) is 9.42 Å². The van der Waals surface area contributed by atoms with E-state index in [1.165, 1.54) is 28.7 Å². The van der Waals surface area contributed by atoms with Crippen LogP contribution >= 0.6 is 0 Å². The number of hydrogen-bond donors (Lipinski definition) is 1. The Kier molecular flexibility index (Phi) is 4.71. The molecule has 2 aliphatic rings. The molecule has 0 unspecified atom stereocenters. The highest BCUT2D eigenvalue weighted by molar-refractivity contribution is 6.74. The minimum Gasteiger partial charge on any atom is -0.412 e. The molecule has 0 spiro atoms. The summed E-state index contributed by atoms with van der Waals surface area (Å²) in [5.41, 5.74) is 2.59. The molecule has 0 bridgehead atoms. The van der Waals surface area contributed by atoms with Gasteiger partial charge in [0.1, 0.15) is 0 Å². The fourth-order valence-corrected chi connectivity index (χ4v) is 5.47. The molecule has 0 radical (unpaired) electrons. The Morgan fingerprint density at radius 3 is 2.74 bits per heavy atom. The number of nitrogens with one attached hydrogen (secondary N) is 1. The number of likely N-dealkylation sites (tertiary alicyclic amines) is 1. The molecule has 1 fully saturated rings. The van der Waals surface area contributed by atoms with Gasteiger partial charge in [-0.15, -0.1) is 0 Å². The van der Waals surface area contributed by atoms with Gasteiger partial charge in [-0.1, -0.05) is 26.8 Å². The number of hydrogen-bond acceptors (Lipinski definition) is 3. The normalized spacial score (nSPS) is 24.0. The Morgan fingerprint density at radius 2 is 2.04 bits per heavy atom. The molecule has 5 heteroatoms. The number of fused-ring (bicyclic) bond motifs is 1. The lowest BCUT2D eigenvalue weighted by atomic mass is 10.0. The number of amidine groups is 1. The van der Waals surface area contributed by atoms with Crippen LogP contribution in [0.25, 0.3) is 10.9 Å². The summed E-state index contributed by atoms with van der Waals surface area (Å²) in [6, 6.07) is 9.36. The molecule has 4 nitrogen and oxygen atoms in total. The van der Waals surface area contributed by atoms with E-state index in [0.717, 1.165) is 25.9 Å². The van der Waals surface area contributed by atoms with Crippen molar-refractivity contribution in [1.82, 2.24) is 9.88 Å². The summed E-state index contributed by atoms with van der Waals surface area (Å²) in [5, 5.41) is 1.53. The van der Waals surface area contributed by atoms with Crippen molar-refractivity contribution in [3.05, 3.63) is 36.0 Å². The molecular weight excluding hydrogens is 350 g/mol. The van der Waals surface area contributed by atoms with E-state index in [9.17, 15) is 0 Å². The predicted molar refractivity (Wildman–Crippen MR) is 116 cm³/mol. The van der Waals surface area contributed by atoms with Gasteiger partial charge in [-0.2, -0.15) is 0 Å². The Labute approximate surface area is 164 Å². The zero-order chi connectivity index (χ0) is 19.2. The zero-order valence-corrected chi connectivity index (χ0v) is 18.4. The quantitative estimate of drug-likeness (QED) is 0.711. The second kappa shape index (κ2) is 6.78. The smallest absolute Gasteiger partial charge is 0.192 e. The minimum atomic E-state index is -1.77. The molecule has 0 amide bonds. The highest BCUT2D eigenvalue weighted by Crippen LogP contribution is 2.42. The van der Waals surface area contributed by atoms with Crippen molar-refractivity contribution in [2.45, 2.75) is 70.3 Å². The van der Waals surface area contributed by atoms with Crippen LogP contribution in [0.5, 0.6) is 0 Å². The number of nitrogens with zero attached hydrogens (tertiary/aromatic N) is 2. The Balaban J connectivity index is 1.61. The maximum atomic E-state index is 6.81. The molecule has 0 saturated carbocycles. The van der Waals surface area contributed by atoms with Crippen molar-refractivity contribution in [3.8, 4) is 0 Å². The first-order valence-corrected chi connectivity index (χ1v) is 13.2. The first-order valence-electron chi connectivity index (χ1n) is 10.3. The van der Waals surface area contributed by atoms with Crippen molar-refractivity contribution in [3.63, 3.8) is 0 Å². The van der Waals surface area contributed by atoms with Crippen molar-refractivity contribution in [2.24, 2.45) is 4.99 Å². The van der Waals surface area contributed by atoms with E-state index in [1.54, 1.807) is 0 Å². The summed E-state index contributed by atoms with van der Waals surface area (Å²) in [5.74, 6) is 1.29. The Bertz CT molecular complexity index is 849. The second-order valence-corrected chi connectivity index (χ2v) is 14.4. The van der Waals surface area contributed by atoms with Crippen LogP contribution in [0.4, 0.5) is 0 Å². The summed E-state index contributed by atoms with van der Waals surface area (Å²) in [6.07, 6.45) is 5.66. The van der Waals surface area contributed by atoms with E-state index in [2.05, 4.69) is 68.0 Å². The summed E-state index contributed by atoms with van der Waals surface area (Å²) < 4.78 is 6.81. The van der Waals surface area contributed by atoms with Crippen LogP contribution in [0.2, 0.25) is 18.1 Å². The van der Waals surface area contributed by atoms with E-state index in [-0.39, 0.29) is 5.04 Å². The molecule has 4 rings (SSSR count).